The number of aliphatic carboxylic acids is 1. The monoisotopic (exact) mass is 589 g/mol. The summed E-state index contributed by atoms with van der Waals surface area (Å²) in [5.41, 5.74) is 5.99. The van der Waals surface area contributed by atoms with E-state index in [0.29, 0.717) is 13.0 Å². The molecule has 1 aliphatic heterocycles. The van der Waals surface area contributed by atoms with Crippen LogP contribution in [-0.4, -0.2) is 97.4 Å². The summed E-state index contributed by atoms with van der Waals surface area (Å²) in [5, 5.41) is 34.7. The summed E-state index contributed by atoms with van der Waals surface area (Å²) in [6.07, 6.45) is -0.101. The molecule has 16 nitrogen and oxygen atoms in total. The molecule has 1 saturated heterocycles. The van der Waals surface area contributed by atoms with Crippen LogP contribution in [0.3, 0.4) is 0 Å². The predicted molar refractivity (Wildman–Crippen MR) is 151 cm³/mol. The summed E-state index contributed by atoms with van der Waals surface area (Å²) < 4.78 is 0. The Kier molecular flexibility index (Phi) is 14.2. The molecule has 1 heterocycles. The van der Waals surface area contributed by atoms with Crippen LogP contribution in [0.15, 0.2) is 30.3 Å². The number of rotatable bonds is 8. The highest BCUT2D eigenvalue weighted by Gasteiger charge is 2.29. The SMILES string of the molecule is N=C(N)NCCC[C@@H]1NC(=O)CNC(=O)C(CC(=O)O)NC(=O)[C@@H](Cc2ccccc2)NC(=O)CCNCCNC1=O. The van der Waals surface area contributed by atoms with E-state index in [2.05, 4.69) is 37.2 Å². The summed E-state index contributed by atoms with van der Waals surface area (Å²) in [6.45, 7) is 0.461. The molecule has 42 heavy (non-hydrogen) atoms. The second kappa shape index (κ2) is 17.9. The number of hydrogen-bond donors (Lipinski definition) is 10. The molecule has 1 aromatic carbocycles. The Morgan fingerprint density at radius 1 is 0.881 bits per heavy atom. The third kappa shape index (κ3) is 13.1. The number of guanidine groups is 1. The van der Waals surface area contributed by atoms with Crippen molar-refractivity contribution in [3.8, 4) is 0 Å². The highest BCUT2D eigenvalue weighted by Crippen LogP contribution is 2.06. The zero-order valence-electron chi connectivity index (χ0n) is 23.2. The molecule has 230 valence electrons. The lowest BCUT2D eigenvalue weighted by Crippen LogP contribution is -2.56. The molecule has 11 N–H and O–H groups in total. The van der Waals surface area contributed by atoms with Gasteiger partial charge in [0.25, 0.3) is 0 Å². The highest BCUT2D eigenvalue weighted by molar-refractivity contribution is 5.96. The minimum Gasteiger partial charge on any atom is -0.481 e. The quantitative estimate of drug-likeness (QED) is 0.0818. The van der Waals surface area contributed by atoms with E-state index in [1.165, 1.54) is 0 Å². The van der Waals surface area contributed by atoms with Gasteiger partial charge in [0, 0.05) is 39.0 Å². The van der Waals surface area contributed by atoms with Gasteiger partial charge in [0.2, 0.25) is 29.5 Å². The zero-order valence-corrected chi connectivity index (χ0v) is 23.2. The topological polar surface area (TPSA) is 257 Å². The fourth-order valence-corrected chi connectivity index (χ4v) is 4.04. The molecule has 1 aromatic rings. The van der Waals surface area contributed by atoms with Gasteiger partial charge in [-0.05, 0) is 18.4 Å². The first-order valence-electron chi connectivity index (χ1n) is 13.5. The van der Waals surface area contributed by atoms with Crippen LogP contribution in [0.2, 0.25) is 0 Å². The van der Waals surface area contributed by atoms with Crippen LogP contribution in [0.4, 0.5) is 0 Å². The van der Waals surface area contributed by atoms with Gasteiger partial charge in [-0.15, -0.1) is 0 Å². The molecule has 1 aliphatic rings. The van der Waals surface area contributed by atoms with E-state index in [4.69, 9.17) is 11.1 Å². The van der Waals surface area contributed by atoms with Gasteiger partial charge < -0.3 is 48.1 Å². The van der Waals surface area contributed by atoms with Gasteiger partial charge in [-0.3, -0.25) is 34.2 Å². The molecule has 3 atom stereocenters. The Bertz CT molecular complexity index is 1120. The van der Waals surface area contributed by atoms with Crippen LogP contribution >= 0.6 is 0 Å². The maximum Gasteiger partial charge on any atom is 0.305 e. The van der Waals surface area contributed by atoms with Crippen molar-refractivity contribution in [3.63, 3.8) is 0 Å². The predicted octanol–water partition coefficient (Wildman–Crippen LogP) is -3.35. The number of hydrogen-bond acceptors (Lipinski definition) is 8. The maximum absolute atomic E-state index is 13.2. The Labute approximate surface area is 242 Å². The summed E-state index contributed by atoms with van der Waals surface area (Å²) in [6, 6.07) is 5.23. The smallest absolute Gasteiger partial charge is 0.305 e. The lowest BCUT2D eigenvalue weighted by atomic mass is 10.0. The molecule has 16 heteroatoms. The second-order valence-corrected chi connectivity index (χ2v) is 9.58. The van der Waals surface area contributed by atoms with Crippen LogP contribution in [0.5, 0.6) is 0 Å². The van der Waals surface area contributed by atoms with Crippen molar-refractivity contribution in [1.82, 2.24) is 37.2 Å². The fourth-order valence-electron chi connectivity index (χ4n) is 4.04. The van der Waals surface area contributed by atoms with Gasteiger partial charge in [0.1, 0.15) is 18.1 Å². The lowest BCUT2D eigenvalue weighted by Gasteiger charge is -2.23. The van der Waals surface area contributed by atoms with Gasteiger partial charge in [-0.25, -0.2) is 0 Å². The van der Waals surface area contributed by atoms with E-state index in [0.717, 1.165) is 5.56 Å². The van der Waals surface area contributed by atoms with Crippen LogP contribution in [0.25, 0.3) is 0 Å². The minimum atomic E-state index is -1.54. The minimum absolute atomic E-state index is 0.00733. The third-order valence-electron chi connectivity index (χ3n) is 6.14. The molecule has 1 unspecified atom stereocenters. The molecule has 5 amide bonds. The highest BCUT2D eigenvalue weighted by atomic mass is 16.4. The second-order valence-electron chi connectivity index (χ2n) is 9.58. The fraction of sp³-hybridized carbons (Fsp3) is 0.500. The number of carboxylic acids is 1. The molecular weight excluding hydrogens is 550 g/mol. The van der Waals surface area contributed by atoms with Crippen molar-refractivity contribution >= 4 is 41.5 Å². The third-order valence-corrected chi connectivity index (χ3v) is 6.14. The van der Waals surface area contributed by atoms with Crippen molar-refractivity contribution in [3.05, 3.63) is 35.9 Å². The van der Waals surface area contributed by atoms with E-state index in [-0.39, 0.29) is 44.9 Å². The maximum atomic E-state index is 13.2. The Morgan fingerprint density at radius 3 is 2.26 bits per heavy atom. The molecule has 2 rings (SSSR count). The molecule has 0 bridgehead atoms. The van der Waals surface area contributed by atoms with Crippen LogP contribution in [0.1, 0.15) is 31.2 Å². The van der Waals surface area contributed by atoms with Crippen molar-refractivity contribution in [2.75, 3.05) is 32.7 Å². The van der Waals surface area contributed by atoms with Gasteiger partial charge in [0.15, 0.2) is 5.96 Å². The summed E-state index contributed by atoms with van der Waals surface area (Å²) >= 11 is 0. The molecule has 0 spiro atoms. The number of amides is 5. The number of carbonyl (C=O) groups excluding carboxylic acids is 5. The average Bonchev–Trinajstić information content (AvgIpc) is 2.94. The van der Waals surface area contributed by atoms with E-state index in [1.54, 1.807) is 30.3 Å². The molecule has 1 fully saturated rings. The van der Waals surface area contributed by atoms with E-state index >= 15 is 0 Å². The number of carbonyl (C=O) groups is 6. The summed E-state index contributed by atoms with van der Waals surface area (Å²) in [7, 11) is 0. The van der Waals surface area contributed by atoms with Gasteiger partial charge in [-0.1, -0.05) is 30.3 Å². The molecule has 0 aromatic heterocycles. The number of carboxylic acid groups (broad SMARTS) is 1. The van der Waals surface area contributed by atoms with Crippen molar-refractivity contribution in [2.24, 2.45) is 5.73 Å². The first-order chi connectivity index (χ1) is 20.0. The molecule has 0 aliphatic carbocycles. The number of benzene rings is 1. The normalized spacial score (nSPS) is 21.6. The lowest BCUT2D eigenvalue weighted by molar-refractivity contribution is -0.141. The van der Waals surface area contributed by atoms with Gasteiger partial charge in [0.05, 0.1) is 13.0 Å². The van der Waals surface area contributed by atoms with Crippen molar-refractivity contribution in [2.45, 2.75) is 50.2 Å². The van der Waals surface area contributed by atoms with E-state index < -0.39 is 66.6 Å². The Balaban J connectivity index is 2.20. The van der Waals surface area contributed by atoms with Crippen LogP contribution in [-0.2, 0) is 35.2 Å². The molecule has 0 radical (unpaired) electrons. The largest absolute Gasteiger partial charge is 0.481 e. The van der Waals surface area contributed by atoms with Gasteiger partial charge in [-0.2, -0.15) is 0 Å². The van der Waals surface area contributed by atoms with E-state index in [9.17, 15) is 33.9 Å². The average molecular weight is 590 g/mol. The van der Waals surface area contributed by atoms with Crippen LogP contribution in [0, 0.1) is 5.41 Å². The van der Waals surface area contributed by atoms with Crippen molar-refractivity contribution in [1.29, 1.82) is 5.41 Å². The molecule has 0 saturated carbocycles. The molecular formula is C26H39N9O7. The van der Waals surface area contributed by atoms with E-state index in [1.807, 2.05) is 0 Å². The standard InChI is InChI=1S/C26H39N9O7/c27-26(28)31-9-4-7-17-23(40)30-12-11-29-10-8-20(36)34-18(13-16-5-2-1-3-6-16)25(42)35-19(14-22(38)39)24(41)32-15-21(37)33-17/h1-3,5-6,17-19,29H,4,7-15H2,(H,30,40)(H,32,41)(H,33,37)(H,34,36)(H,35,42)(H,38,39)(H4,27,28,31)/t17-,18+,19?/m0/s1. The van der Waals surface area contributed by atoms with Gasteiger partial charge >= 0.3 is 5.97 Å². The van der Waals surface area contributed by atoms with Crippen LogP contribution < -0.4 is 43.0 Å². The Hall–Kier alpha value is -4.73. The first kappa shape index (κ1) is 33.5. The van der Waals surface area contributed by atoms with Crippen molar-refractivity contribution < 1.29 is 33.9 Å². The number of nitrogens with one attached hydrogen (secondary N) is 8. The first-order valence-corrected chi connectivity index (χ1v) is 13.5. The number of nitrogens with two attached hydrogens (primary N) is 1. The Morgan fingerprint density at radius 2 is 1.57 bits per heavy atom. The summed E-state index contributed by atoms with van der Waals surface area (Å²) in [5.74, 6) is -4.94. The summed E-state index contributed by atoms with van der Waals surface area (Å²) in [4.78, 5) is 75.5. The zero-order chi connectivity index (χ0) is 30.9.